The molecule has 1 aromatic heterocycles. The van der Waals surface area contributed by atoms with E-state index in [0.29, 0.717) is 41.1 Å². The molecule has 0 atom stereocenters. The Morgan fingerprint density at radius 2 is 1.86 bits per heavy atom. The van der Waals surface area contributed by atoms with E-state index >= 15 is 0 Å². The molecule has 1 N–H and O–H groups in total. The monoisotopic (exact) mass is 493 g/mol. The lowest BCUT2D eigenvalue weighted by Gasteiger charge is -2.07. The normalized spacial score (nSPS) is 10.7. The van der Waals surface area contributed by atoms with Crippen molar-refractivity contribution in [2.45, 2.75) is 10.1 Å². The van der Waals surface area contributed by atoms with Crippen molar-refractivity contribution in [2.24, 2.45) is 0 Å². The van der Waals surface area contributed by atoms with E-state index in [1.54, 1.807) is 30.3 Å². The molecule has 0 fully saturated rings. The van der Waals surface area contributed by atoms with E-state index in [4.69, 9.17) is 51.1 Å². The summed E-state index contributed by atoms with van der Waals surface area (Å²) in [5, 5.41) is 12.9. The van der Waals surface area contributed by atoms with Crippen molar-refractivity contribution >= 4 is 80.5 Å². The third-order valence-corrected chi connectivity index (χ3v) is 6.56. The fourth-order valence-corrected chi connectivity index (χ4v) is 4.48. The number of nitrogens with one attached hydrogen (secondary N) is 1. The number of nitrogens with zero attached hydrogens (tertiary/aromatic N) is 2. The van der Waals surface area contributed by atoms with Crippen molar-refractivity contribution in [1.29, 1.82) is 0 Å². The first-order chi connectivity index (χ1) is 13.4. The lowest BCUT2D eigenvalue weighted by atomic mass is 10.2. The highest BCUT2D eigenvalue weighted by Gasteiger charge is 2.11. The Labute approximate surface area is 189 Å². The van der Waals surface area contributed by atoms with Gasteiger partial charge in [0.1, 0.15) is 5.75 Å². The van der Waals surface area contributed by atoms with Crippen LogP contribution in [0.25, 0.3) is 0 Å². The molecule has 5 nitrogen and oxygen atoms in total. The Morgan fingerprint density at radius 1 is 1.04 bits per heavy atom. The summed E-state index contributed by atoms with van der Waals surface area (Å²) in [5.74, 6) is 0.650. The molecule has 0 aliphatic rings. The van der Waals surface area contributed by atoms with Gasteiger partial charge in [-0.15, -0.1) is 10.2 Å². The number of anilines is 1. The molecule has 1 heterocycles. The molecule has 0 bridgehead atoms. The fraction of sp³-hybridized carbons (Fsp3) is 0.118. The van der Waals surface area contributed by atoms with Gasteiger partial charge in [0.25, 0.3) is 5.91 Å². The average Bonchev–Trinajstić information content (AvgIpc) is 3.09. The SMILES string of the molecule is O=C(COc1ccc(Cl)cc1Cl)Nc1nnc(SCc2ccc(Cl)c(Cl)c2)s1. The van der Waals surface area contributed by atoms with E-state index in [9.17, 15) is 4.79 Å². The molecule has 3 aromatic rings. The second-order valence-corrected chi connectivity index (χ2v) is 9.18. The van der Waals surface area contributed by atoms with Crippen LogP contribution in [-0.2, 0) is 10.5 Å². The molecule has 28 heavy (non-hydrogen) atoms. The Bertz CT molecular complexity index is 1000. The van der Waals surface area contributed by atoms with Gasteiger partial charge in [-0.25, -0.2) is 0 Å². The molecule has 0 spiro atoms. The summed E-state index contributed by atoms with van der Waals surface area (Å²) in [7, 11) is 0. The number of hydrogen-bond donors (Lipinski definition) is 1. The maximum atomic E-state index is 12.0. The lowest BCUT2D eigenvalue weighted by Crippen LogP contribution is -2.20. The number of benzene rings is 2. The van der Waals surface area contributed by atoms with Crippen LogP contribution < -0.4 is 10.1 Å². The maximum absolute atomic E-state index is 12.0. The van der Waals surface area contributed by atoms with Crippen LogP contribution in [0.1, 0.15) is 5.56 Å². The summed E-state index contributed by atoms with van der Waals surface area (Å²) in [6.45, 7) is -0.216. The van der Waals surface area contributed by atoms with E-state index < -0.39 is 0 Å². The highest BCUT2D eigenvalue weighted by Crippen LogP contribution is 2.31. The number of carbonyl (C=O) groups excluding carboxylic acids is 1. The van der Waals surface area contributed by atoms with Crippen molar-refractivity contribution < 1.29 is 9.53 Å². The van der Waals surface area contributed by atoms with E-state index in [2.05, 4.69) is 15.5 Å². The van der Waals surface area contributed by atoms with Crippen LogP contribution in [0.5, 0.6) is 5.75 Å². The topological polar surface area (TPSA) is 64.1 Å². The van der Waals surface area contributed by atoms with Gasteiger partial charge in [-0.05, 0) is 35.9 Å². The van der Waals surface area contributed by atoms with Gasteiger partial charge < -0.3 is 4.74 Å². The number of carbonyl (C=O) groups is 1. The third-order valence-electron chi connectivity index (χ3n) is 3.25. The molecule has 146 valence electrons. The third kappa shape index (κ3) is 6.14. The first kappa shape index (κ1) is 21.5. The number of rotatable bonds is 7. The summed E-state index contributed by atoms with van der Waals surface area (Å²) < 4.78 is 6.10. The van der Waals surface area contributed by atoms with Gasteiger partial charge in [-0.3, -0.25) is 10.1 Å². The number of hydrogen-bond acceptors (Lipinski definition) is 6. The largest absolute Gasteiger partial charge is 0.482 e. The van der Waals surface area contributed by atoms with Gasteiger partial charge in [0, 0.05) is 10.8 Å². The van der Waals surface area contributed by atoms with Crippen molar-refractivity contribution in [3.05, 3.63) is 62.1 Å². The molecule has 1 amide bonds. The molecule has 0 saturated carbocycles. The first-order valence-corrected chi connectivity index (χ1v) is 11.0. The van der Waals surface area contributed by atoms with E-state index in [1.807, 2.05) is 6.07 Å². The zero-order chi connectivity index (χ0) is 20.1. The summed E-state index contributed by atoms with van der Waals surface area (Å²) in [6.07, 6.45) is 0. The highest BCUT2D eigenvalue weighted by molar-refractivity contribution is 8.00. The van der Waals surface area contributed by atoms with Crippen LogP contribution in [0.15, 0.2) is 40.7 Å². The molecule has 2 aromatic carbocycles. The van der Waals surface area contributed by atoms with Gasteiger partial charge in [0.2, 0.25) is 5.13 Å². The van der Waals surface area contributed by atoms with Gasteiger partial charge in [-0.2, -0.15) is 0 Å². The summed E-state index contributed by atoms with van der Waals surface area (Å²) in [5.41, 5.74) is 1.01. The van der Waals surface area contributed by atoms with Crippen LogP contribution in [0, 0.1) is 0 Å². The zero-order valence-corrected chi connectivity index (χ0v) is 18.6. The highest BCUT2D eigenvalue weighted by atomic mass is 35.5. The quantitative estimate of drug-likeness (QED) is 0.301. The summed E-state index contributed by atoms with van der Waals surface area (Å²) in [4.78, 5) is 12.0. The summed E-state index contributed by atoms with van der Waals surface area (Å²) in [6, 6.07) is 10.2. The lowest BCUT2D eigenvalue weighted by molar-refractivity contribution is -0.118. The van der Waals surface area contributed by atoms with Gasteiger partial charge in [0.05, 0.1) is 15.1 Å². The number of ether oxygens (including phenoxy) is 1. The van der Waals surface area contributed by atoms with Crippen molar-refractivity contribution in [1.82, 2.24) is 10.2 Å². The fourth-order valence-electron chi connectivity index (χ4n) is 1.98. The summed E-state index contributed by atoms with van der Waals surface area (Å²) >= 11 is 26.5. The standard InChI is InChI=1S/C17H11Cl4N3O2S2/c18-10-2-4-14(13(21)6-10)26-7-15(25)22-16-23-24-17(28-16)27-8-9-1-3-11(19)12(20)5-9/h1-6H,7-8H2,(H,22,23,25). The Kier molecular flexibility index (Phi) is 7.68. The molecule has 0 unspecified atom stereocenters. The second-order valence-electron chi connectivity index (χ2n) is 5.32. The second kappa shape index (κ2) is 10.0. The number of aromatic nitrogens is 2. The van der Waals surface area contributed by atoms with Crippen LogP contribution in [-0.4, -0.2) is 22.7 Å². The zero-order valence-electron chi connectivity index (χ0n) is 13.9. The molecular formula is C17H11Cl4N3O2S2. The van der Waals surface area contributed by atoms with Crippen LogP contribution in [0.3, 0.4) is 0 Å². The Morgan fingerprint density at radius 3 is 2.61 bits per heavy atom. The van der Waals surface area contributed by atoms with Crippen LogP contribution in [0.4, 0.5) is 5.13 Å². The maximum Gasteiger partial charge on any atom is 0.264 e. The molecule has 11 heteroatoms. The van der Waals surface area contributed by atoms with E-state index in [1.165, 1.54) is 23.1 Å². The molecule has 0 aliphatic heterocycles. The Hall–Kier alpha value is -1.22. The molecular weight excluding hydrogens is 484 g/mol. The molecule has 0 radical (unpaired) electrons. The molecule has 0 saturated heterocycles. The van der Waals surface area contributed by atoms with E-state index in [-0.39, 0.29) is 12.5 Å². The molecule has 3 rings (SSSR count). The number of amides is 1. The average molecular weight is 495 g/mol. The number of thioether (sulfide) groups is 1. The minimum atomic E-state index is -0.372. The minimum absolute atomic E-state index is 0.216. The van der Waals surface area contributed by atoms with Gasteiger partial charge >= 0.3 is 0 Å². The predicted octanol–water partition coefficient (Wildman–Crippen LogP) is 6.46. The van der Waals surface area contributed by atoms with Crippen LogP contribution >= 0.6 is 69.5 Å². The van der Waals surface area contributed by atoms with Crippen molar-refractivity contribution in [3.8, 4) is 5.75 Å². The molecule has 0 aliphatic carbocycles. The first-order valence-electron chi connectivity index (χ1n) is 7.68. The van der Waals surface area contributed by atoms with Crippen LogP contribution in [0.2, 0.25) is 20.1 Å². The van der Waals surface area contributed by atoms with Crippen molar-refractivity contribution in [3.63, 3.8) is 0 Å². The number of halogens is 4. The van der Waals surface area contributed by atoms with Gasteiger partial charge in [0.15, 0.2) is 10.9 Å². The Balaban J connectivity index is 1.49. The minimum Gasteiger partial charge on any atom is -0.482 e. The van der Waals surface area contributed by atoms with Gasteiger partial charge in [-0.1, -0.05) is 75.6 Å². The van der Waals surface area contributed by atoms with Crippen molar-refractivity contribution in [2.75, 3.05) is 11.9 Å². The van der Waals surface area contributed by atoms with E-state index in [0.717, 1.165) is 5.56 Å². The smallest absolute Gasteiger partial charge is 0.264 e. The predicted molar refractivity (Wildman–Crippen MR) is 117 cm³/mol.